The number of aromatic nitrogens is 2. The SMILES string of the molecule is Cc1ccc(NC(=O)c2cccc(C(F)(F)F)c2)cc1C#Cc1cnc2[nH]c(=O)ccc2c1.NC(=O)c1ccccc1. The van der Waals surface area contributed by atoms with Gasteiger partial charge >= 0.3 is 6.18 Å². The molecule has 210 valence electrons. The summed E-state index contributed by atoms with van der Waals surface area (Å²) >= 11 is 0. The number of halogens is 3. The number of fused-ring (bicyclic) bond motifs is 1. The first kappa shape index (κ1) is 29.3. The molecule has 4 N–H and O–H groups in total. The molecule has 2 heterocycles. The highest BCUT2D eigenvalue weighted by molar-refractivity contribution is 6.04. The zero-order chi connectivity index (χ0) is 30.3. The van der Waals surface area contributed by atoms with Crippen LogP contribution in [-0.2, 0) is 6.18 Å². The lowest BCUT2D eigenvalue weighted by Gasteiger charge is -2.10. The van der Waals surface area contributed by atoms with E-state index in [4.69, 9.17) is 5.73 Å². The zero-order valence-electron chi connectivity index (χ0n) is 22.1. The van der Waals surface area contributed by atoms with E-state index in [0.717, 1.165) is 23.1 Å². The number of H-pyrrole nitrogens is 1. The average Bonchev–Trinajstić information content (AvgIpc) is 2.97. The van der Waals surface area contributed by atoms with Crippen LogP contribution in [0.5, 0.6) is 0 Å². The maximum atomic E-state index is 12.9. The van der Waals surface area contributed by atoms with E-state index >= 15 is 0 Å². The maximum Gasteiger partial charge on any atom is 0.416 e. The fourth-order valence-corrected chi connectivity index (χ4v) is 3.72. The Hall–Kier alpha value is -5.69. The van der Waals surface area contributed by atoms with Gasteiger partial charge < -0.3 is 16.0 Å². The second kappa shape index (κ2) is 12.7. The number of hydrogen-bond donors (Lipinski definition) is 3. The molecule has 0 aliphatic rings. The van der Waals surface area contributed by atoms with Gasteiger partial charge in [-0.05, 0) is 67.1 Å². The normalized spacial score (nSPS) is 10.6. The van der Waals surface area contributed by atoms with E-state index in [9.17, 15) is 27.6 Å². The van der Waals surface area contributed by atoms with Gasteiger partial charge in [-0.2, -0.15) is 13.2 Å². The second-order valence-corrected chi connectivity index (χ2v) is 9.03. The number of amides is 2. The fourth-order valence-electron chi connectivity index (χ4n) is 3.72. The van der Waals surface area contributed by atoms with E-state index in [1.54, 1.807) is 60.8 Å². The van der Waals surface area contributed by atoms with Crippen LogP contribution in [0.4, 0.5) is 18.9 Å². The number of nitrogens with two attached hydrogens (primary N) is 1. The Kier molecular flexibility index (Phi) is 8.83. The molecular formula is C32H23F3N4O3. The molecule has 0 unspecified atom stereocenters. The lowest BCUT2D eigenvalue weighted by atomic mass is 10.1. The van der Waals surface area contributed by atoms with Crippen molar-refractivity contribution in [2.75, 3.05) is 5.32 Å². The molecule has 0 saturated heterocycles. The molecule has 3 aromatic carbocycles. The minimum Gasteiger partial charge on any atom is -0.366 e. The molecule has 42 heavy (non-hydrogen) atoms. The zero-order valence-corrected chi connectivity index (χ0v) is 22.1. The van der Waals surface area contributed by atoms with Gasteiger partial charge in [0.25, 0.3) is 5.91 Å². The summed E-state index contributed by atoms with van der Waals surface area (Å²) in [6.07, 6.45) is -2.99. The molecule has 0 bridgehead atoms. The number of pyridine rings is 2. The number of carbonyl (C=O) groups excluding carboxylic acids is 2. The van der Waals surface area contributed by atoms with Crippen LogP contribution in [0.2, 0.25) is 0 Å². The smallest absolute Gasteiger partial charge is 0.366 e. The van der Waals surface area contributed by atoms with Gasteiger partial charge in [0, 0.05) is 45.6 Å². The van der Waals surface area contributed by atoms with Gasteiger partial charge in [-0.15, -0.1) is 0 Å². The molecule has 2 aromatic heterocycles. The van der Waals surface area contributed by atoms with E-state index in [1.165, 1.54) is 18.2 Å². The third-order valence-corrected chi connectivity index (χ3v) is 5.92. The number of benzene rings is 3. The summed E-state index contributed by atoms with van der Waals surface area (Å²) < 4.78 is 38.8. The largest absolute Gasteiger partial charge is 0.416 e. The summed E-state index contributed by atoms with van der Waals surface area (Å²) in [6, 6.07) is 22.9. The Balaban J connectivity index is 0.000000385. The highest BCUT2D eigenvalue weighted by Crippen LogP contribution is 2.29. The molecule has 7 nitrogen and oxygen atoms in total. The number of nitrogens with zero attached hydrogens (tertiary/aromatic N) is 1. The molecule has 0 aliphatic heterocycles. The predicted molar refractivity (Wildman–Crippen MR) is 154 cm³/mol. The molecule has 0 spiro atoms. The summed E-state index contributed by atoms with van der Waals surface area (Å²) in [6.45, 7) is 1.85. The summed E-state index contributed by atoms with van der Waals surface area (Å²) in [5.74, 6) is 4.99. The molecule has 5 aromatic rings. The van der Waals surface area contributed by atoms with Crippen molar-refractivity contribution in [1.82, 2.24) is 9.97 Å². The molecule has 0 fully saturated rings. The number of carbonyl (C=O) groups is 2. The van der Waals surface area contributed by atoms with Crippen LogP contribution in [0.25, 0.3) is 11.0 Å². The number of rotatable bonds is 3. The van der Waals surface area contributed by atoms with Crippen molar-refractivity contribution >= 4 is 28.5 Å². The monoisotopic (exact) mass is 568 g/mol. The van der Waals surface area contributed by atoms with Crippen molar-refractivity contribution < 1.29 is 22.8 Å². The van der Waals surface area contributed by atoms with Gasteiger partial charge in [-0.3, -0.25) is 14.4 Å². The Morgan fingerprint density at radius 2 is 1.62 bits per heavy atom. The third-order valence-electron chi connectivity index (χ3n) is 5.92. The standard InChI is InChI=1S/C25H16F3N3O2.C7H7NO/c1-15-5-9-21(30-24(33)19-3-2-4-20(12-19)25(26,27)28)13-17(15)7-6-16-11-18-8-10-22(32)31-23(18)29-14-16;8-7(9)6-4-2-1-3-5-6/h2-5,8-14H,1H3,(H,30,33)(H,29,31,32);1-5H,(H2,8,9). The van der Waals surface area contributed by atoms with E-state index in [2.05, 4.69) is 27.1 Å². The Labute approximate surface area is 238 Å². The van der Waals surface area contributed by atoms with Crippen LogP contribution in [0.1, 0.15) is 43.0 Å². The van der Waals surface area contributed by atoms with E-state index in [0.29, 0.717) is 28.0 Å². The Bertz CT molecular complexity index is 1890. The quantitative estimate of drug-likeness (QED) is 0.243. The number of aryl methyl sites for hydroxylation is 1. The first-order valence-electron chi connectivity index (χ1n) is 12.4. The number of primary amides is 1. The van der Waals surface area contributed by atoms with Crippen molar-refractivity contribution in [1.29, 1.82) is 0 Å². The van der Waals surface area contributed by atoms with Gasteiger partial charge in [-0.25, -0.2) is 4.98 Å². The lowest BCUT2D eigenvalue weighted by molar-refractivity contribution is -0.137. The summed E-state index contributed by atoms with van der Waals surface area (Å²) in [7, 11) is 0. The van der Waals surface area contributed by atoms with Gasteiger partial charge in [0.2, 0.25) is 11.5 Å². The van der Waals surface area contributed by atoms with Gasteiger partial charge in [0.1, 0.15) is 5.65 Å². The van der Waals surface area contributed by atoms with Crippen molar-refractivity contribution in [2.24, 2.45) is 5.73 Å². The van der Waals surface area contributed by atoms with Crippen LogP contribution >= 0.6 is 0 Å². The number of alkyl halides is 3. The van der Waals surface area contributed by atoms with Crippen molar-refractivity contribution in [3.05, 3.63) is 141 Å². The molecule has 2 amide bonds. The second-order valence-electron chi connectivity index (χ2n) is 9.03. The Morgan fingerprint density at radius 1 is 0.881 bits per heavy atom. The predicted octanol–water partition coefficient (Wildman–Crippen LogP) is 5.69. The molecule has 10 heteroatoms. The van der Waals surface area contributed by atoms with E-state index in [1.807, 2.05) is 13.0 Å². The third kappa shape index (κ3) is 7.70. The van der Waals surface area contributed by atoms with Crippen LogP contribution < -0.4 is 16.6 Å². The van der Waals surface area contributed by atoms with Crippen molar-refractivity contribution in [3.8, 4) is 11.8 Å². The molecule has 5 rings (SSSR count). The highest BCUT2D eigenvalue weighted by Gasteiger charge is 2.30. The summed E-state index contributed by atoms with van der Waals surface area (Å²) in [5, 5.41) is 3.35. The lowest BCUT2D eigenvalue weighted by Crippen LogP contribution is -2.14. The number of anilines is 1. The first-order chi connectivity index (χ1) is 20.0. The summed E-state index contributed by atoms with van der Waals surface area (Å²) in [5.41, 5.74) is 7.29. The van der Waals surface area contributed by atoms with Crippen LogP contribution in [0, 0.1) is 18.8 Å². The van der Waals surface area contributed by atoms with Crippen LogP contribution in [0.3, 0.4) is 0 Å². The van der Waals surface area contributed by atoms with Crippen LogP contribution in [0.15, 0.2) is 102 Å². The fraction of sp³-hybridized carbons (Fsp3) is 0.0625. The van der Waals surface area contributed by atoms with Gasteiger partial charge in [0.15, 0.2) is 0 Å². The van der Waals surface area contributed by atoms with Crippen molar-refractivity contribution in [2.45, 2.75) is 13.1 Å². The molecule has 0 atom stereocenters. The first-order valence-corrected chi connectivity index (χ1v) is 12.4. The van der Waals surface area contributed by atoms with Gasteiger partial charge in [0.05, 0.1) is 5.56 Å². The maximum absolute atomic E-state index is 12.9. The topological polar surface area (TPSA) is 118 Å². The van der Waals surface area contributed by atoms with Gasteiger partial charge in [-0.1, -0.05) is 42.2 Å². The van der Waals surface area contributed by atoms with E-state index in [-0.39, 0.29) is 17.0 Å². The summed E-state index contributed by atoms with van der Waals surface area (Å²) in [4.78, 5) is 41.1. The molecule has 0 saturated carbocycles. The number of aromatic amines is 1. The highest BCUT2D eigenvalue weighted by atomic mass is 19.4. The number of nitrogens with one attached hydrogen (secondary N) is 2. The van der Waals surface area contributed by atoms with E-state index < -0.39 is 17.6 Å². The molecule has 0 radical (unpaired) electrons. The average molecular weight is 569 g/mol. The molecular weight excluding hydrogens is 545 g/mol. The minimum atomic E-state index is -4.53. The van der Waals surface area contributed by atoms with Crippen molar-refractivity contribution in [3.63, 3.8) is 0 Å². The van der Waals surface area contributed by atoms with Crippen LogP contribution in [-0.4, -0.2) is 21.8 Å². The molecule has 0 aliphatic carbocycles. The Morgan fingerprint density at radius 3 is 2.31 bits per heavy atom. The number of hydrogen-bond acceptors (Lipinski definition) is 4. The minimum absolute atomic E-state index is 0.0988.